The summed E-state index contributed by atoms with van der Waals surface area (Å²) in [5.74, 6) is 0. The summed E-state index contributed by atoms with van der Waals surface area (Å²) in [5.41, 5.74) is 8.50. The van der Waals surface area contributed by atoms with Gasteiger partial charge in [0.1, 0.15) is 0 Å². The van der Waals surface area contributed by atoms with Crippen molar-refractivity contribution in [2.75, 3.05) is 0 Å². The summed E-state index contributed by atoms with van der Waals surface area (Å²) in [6.07, 6.45) is 1.27. The van der Waals surface area contributed by atoms with E-state index in [9.17, 15) is 0 Å². The lowest BCUT2D eigenvalue weighted by Crippen LogP contribution is -2.55. The van der Waals surface area contributed by atoms with Crippen molar-refractivity contribution in [1.29, 1.82) is 0 Å². The molecule has 0 saturated heterocycles. The average Bonchev–Trinajstić information content (AvgIpc) is 1.84. The van der Waals surface area contributed by atoms with E-state index in [0.717, 1.165) is 0 Å². The van der Waals surface area contributed by atoms with Gasteiger partial charge in [-0.1, -0.05) is 0 Å². The minimum Gasteiger partial charge on any atom is -0.398 e. The summed E-state index contributed by atoms with van der Waals surface area (Å²) in [6.45, 7) is 0. The number of nitrogens with two attached hydrogens (primary N) is 2. The van der Waals surface area contributed by atoms with Crippen molar-refractivity contribution < 1.29 is 10.2 Å². The van der Waals surface area contributed by atoms with Crippen LogP contribution in [0.25, 0.3) is 0 Å². The zero-order valence-corrected chi connectivity index (χ0v) is 5.23. The van der Waals surface area contributed by atoms with Gasteiger partial charge in [0.05, 0.1) is 5.70 Å². The molecule has 0 radical (unpaired) electrons. The smallest absolute Gasteiger partial charge is 0.201 e. The number of hydrogen-bond donors (Lipinski definition) is 4. The van der Waals surface area contributed by atoms with E-state index in [0.29, 0.717) is 0 Å². The first-order valence-electron chi connectivity index (χ1n) is 2.74. The second-order valence-electron chi connectivity index (χ2n) is 2.12. The van der Waals surface area contributed by atoms with Gasteiger partial charge in [-0.05, 0) is 6.08 Å². The molecule has 0 aromatic carbocycles. The molecule has 0 bridgehead atoms. The zero-order valence-electron chi connectivity index (χ0n) is 5.23. The average molecular weight is 143 g/mol. The summed E-state index contributed by atoms with van der Waals surface area (Å²) < 4.78 is 0. The van der Waals surface area contributed by atoms with E-state index in [4.69, 9.17) is 21.7 Å². The highest BCUT2D eigenvalue weighted by atomic mass is 16.4. The predicted molar refractivity (Wildman–Crippen MR) is 35.9 cm³/mol. The summed E-state index contributed by atoms with van der Waals surface area (Å²) in [5, 5.41) is 18.0. The lowest BCUT2D eigenvalue weighted by atomic mass is 10.1. The quantitative estimate of drug-likeness (QED) is 0.291. The number of aliphatic hydroxyl groups is 2. The summed E-state index contributed by atoms with van der Waals surface area (Å²) in [4.78, 5) is 3.43. The fourth-order valence-electron chi connectivity index (χ4n) is 0.601. The molecule has 0 aromatic rings. The number of nitrogens with zero attached hydrogens (tertiary/aromatic N) is 1. The third-order valence-electron chi connectivity index (χ3n) is 1.34. The Hall–Kier alpha value is -0.910. The van der Waals surface area contributed by atoms with Crippen LogP contribution >= 0.6 is 0 Å². The van der Waals surface area contributed by atoms with Gasteiger partial charge in [-0.2, -0.15) is 0 Å². The molecule has 0 amide bonds. The summed E-state index contributed by atoms with van der Waals surface area (Å²) in [7, 11) is 0. The first-order chi connectivity index (χ1) is 4.55. The first kappa shape index (κ1) is 7.20. The number of aliphatic imine (C=N–C) groups is 1. The fraction of sp³-hybridized carbons (Fsp3) is 0.400. The second-order valence-corrected chi connectivity index (χ2v) is 2.12. The van der Waals surface area contributed by atoms with Gasteiger partial charge in [-0.15, -0.1) is 0 Å². The van der Waals surface area contributed by atoms with Crippen molar-refractivity contribution in [3.63, 3.8) is 0 Å². The predicted octanol–water partition coefficient (Wildman–Crippen LogP) is -2.12. The Kier molecular flexibility index (Phi) is 1.47. The molecule has 2 atom stereocenters. The molecule has 10 heavy (non-hydrogen) atoms. The molecule has 0 saturated carbocycles. The van der Waals surface area contributed by atoms with E-state index >= 15 is 0 Å². The number of rotatable bonds is 0. The van der Waals surface area contributed by atoms with Gasteiger partial charge >= 0.3 is 0 Å². The maximum absolute atomic E-state index is 9.13. The van der Waals surface area contributed by atoms with Crippen LogP contribution in [0.2, 0.25) is 0 Å². The van der Waals surface area contributed by atoms with E-state index in [1.54, 1.807) is 0 Å². The van der Waals surface area contributed by atoms with E-state index in [-0.39, 0.29) is 5.70 Å². The van der Waals surface area contributed by atoms with Crippen LogP contribution in [-0.4, -0.2) is 28.4 Å². The molecule has 0 aliphatic carbocycles. The molecule has 5 nitrogen and oxygen atoms in total. The third-order valence-corrected chi connectivity index (χ3v) is 1.34. The van der Waals surface area contributed by atoms with Crippen LogP contribution in [0.5, 0.6) is 0 Å². The van der Waals surface area contributed by atoms with Gasteiger partial charge in [0, 0.05) is 6.21 Å². The molecule has 2 unspecified atom stereocenters. The first-order valence-corrected chi connectivity index (χ1v) is 2.74. The molecule has 1 aliphatic heterocycles. The maximum atomic E-state index is 9.13. The van der Waals surface area contributed by atoms with E-state index < -0.39 is 12.0 Å². The van der Waals surface area contributed by atoms with Crippen LogP contribution in [0.4, 0.5) is 0 Å². The lowest BCUT2D eigenvalue weighted by Gasteiger charge is -2.28. The Bertz CT molecular complexity index is 197. The van der Waals surface area contributed by atoms with Crippen LogP contribution in [0, 0.1) is 0 Å². The summed E-state index contributed by atoms with van der Waals surface area (Å²) in [6, 6.07) is 0. The van der Waals surface area contributed by atoms with Gasteiger partial charge in [0.15, 0.2) is 6.23 Å². The van der Waals surface area contributed by atoms with Gasteiger partial charge < -0.3 is 15.9 Å². The standard InChI is InChI=1S/C5H9N3O2/c6-3-1-2-8-4(9)5(3,7)10/h1-2,4,9-10H,6-7H2. The SMILES string of the molecule is NC1=CC=NC(O)C1(N)O. The van der Waals surface area contributed by atoms with Crippen molar-refractivity contribution in [3.05, 3.63) is 11.8 Å². The van der Waals surface area contributed by atoms with E-state index in [1.807, 2.05) is 0 Å². The Labute approximate surface area is 57.7 Å². The van der Waals surface area contributed by atoms with Gasteiger partial charge in [-0.25, -0.2) is 0 Å². The zero-order chi connectivity index (χ0) is 7.78. The lowest BCUT2D eigenvalue weighted by molar-refractivity contribution is -0.0404. The second kappa shape index (κ2) is 2.05. The molecular weight excluding hydrogens is 134 g/mol. The Morgan fingerprint density at radius 1 is 1.70 bits per heavy atom. The van der Waals surface area contributed by atoms with Crippen LogP contribution in [0.15, 0.2) is 16.8 Å². The number of hydrogen-bond acceptors (Lipinski definition) is 5. The number of dihydropyridines is 1. The largest absolute Gasteiger partial charge is 0.398 e. The van der Waals surface area contributed by atoms with Crippen LogP contribution in [-0.2, 0) is 0 Å². The van der Waals surface area contributed by atoms with Crippen molar-refractivity contribution in [2.24, 2.45) is 16.5 Å². The normalized spacial score (nSPS) is 39.5. The van der Waals surface area contributed by atoms with Gasteiger partial charge in [-0.3, -0.25) is 10.7 Å². The van der Waals surface area contributed by atoms with Gasteiger partial charge in [0.2, 0.25) is 5.72 Å². The van der Waals surface area contributed by atoms with Crippen molar-refractivity contribution in [3.8, 4) is 0 Å². The number of allylic oxidation sites excluding steroid dienone is 1. The highest BCUT2D eigenvalue weighted by Gasteiger charge is 2.35. The molecule has 1 aliphatic rings. The minimum absolute atomic E-state index is 0.00926. The molecule has 56 valence electrons. The Morgan fingerprint density at radius 3 is 2.70 bits per heavy atom. The van der Waals surface area contributed by atoms with Crippen molar-refractivity contribution in [1.82, 2.24) is 0 Å². The van der Waals surface area contributed by atoms with E-state index in [2.05, 4.69) is 4.99 Å². The molecule has 1 heterocycles. The summed E-state index contributed by atoms with van der Waals surface area (Å²) >= 11 is 0. The maximum Gasteiger partial charge on any atom is 0.201 e. The number of aliphatic hydroxyl groups excluding tert-OH is 1. The Balaban J connectivity index is 2.93. The molecule has 1 rings (SSSR count). The topological polar surface area (TPSA) is 105 Å². The van der Waals surface area contributed by atoms with Crippen molar-refractivity contribution >= 4 is 6.21 Å². The molecule has 0 fully saturated rings. The fourth-order valence-corrected chi connectivity index (χ4v) is 0.601. The molecular formula is C5H9N3O2. The molecule has 6 N–H and O–H groups in total. The van der Waals surface area contributed by atoms with Crippen LogP contribution < -0.4 is 11.5 Å². The highest BCUT2D eigenvalue weighted by Crippen LogP contribution is 2.13. The third kappa shape index (κ3) is 0.900. The van der Waals surface area contributed by atoms with Gasteiger partial charge in [0.25, 0.3) is 0 Å². The molecule has 0 aromatic heterocycles. The van der Waals surface area contributed by atoms with Crippen molar-refractivity contribution in [2.45, 2.75) is 12.0 Å². The van der Waals surface area contributed by atoms with E-state index in [1.165, 1.54) is 12.3 Å². The highest BCUT2D eigenvalue weighted by molar-refractivity contribution is 5.74. The monoisotopic (exact) mass is 143 g/mol. The molecule has 0 spiro atoms. The van der Waals surface area contributed by atoms with Crippen LogP contribution in [0.1, 0.15) is 0 Å². The minimum atomic E-state index is -1.91. The van der Waals surface area contributed by atoms with Crippen LogP contribution in [0.3, 0.4) is 0 Å². The Morgan fingerprint density at radius 2 is 2.30 bits per heavy atom. The molecule has 5 heteroatoms.